The molecule has 0 aromatic heterocycles. The van der Waals surface area contributed by atoms with Gasteiger partial charge in [-0.25, -0.2) is 0 Å². The van der Waals surface area contributed by atoms with E-state index in [1.807, 2.05) is 0 Å². The summed E-state index contributed by atoms with van der Waals surface area (Å²) in [7, 11) is 0. The van der Waals surface area contributed by atoms with E-state index in [9.17, 15) is 0 Å². The Morgan fingerprint density at radius 1 is 0.727 bits per heavy atom. The summed E-state index contributed by atoms with van der Waals surface area (Å²) in [6, 6.07) is 0. The minimum atomic E-state index is 0.838. The van der Waals surface area contributed by atoms with Crippen LogP contribution in [-0.4, -0.2) is 35.3 Å². The Hall–Kier alpha value is 1.38. The van der Waals surface area contributed by atoms with Crippen LogP contribution in [0.15, 0.2) is 0 Å². The first-order valence-corrected chi connectivity index (χ1v) is 6.74. The van der Waals surface area contributed by atoms with Gasteiger partial charge in [0.2, 0.25) is 0 Å². The van der Waals surface area contributed by atoms with E-state index in [-0.39, 0.29) is 0 Å². The molecule has 0 unspecified atom stereocenters. The molecule has 2 nitrogen and oxygen atoms in total. The molecule has 0 saturated carbocycles. The van der Waals surface area contributed by atoms with E-state index in [0.717, 1.165) is 41.7 Å². The smallest absolute Gasteiger partial charge is 0.0555 e. The molecule has 0 aliphatic rings. The van der Waals surface area contributed by atoms with Crippen molar-refractivity contribution >= 4 is 45.2 Å². The standard InChI is InChI=1S/C7H14I2O2/c8-2-6-10-4-1-5-11-7-3-9/h1-7H2. The van der Waals surface area contributed by atoms with Gasteiger partial charge in [0, 0.05) is 22.1 Å². The Balaban J connectivity index is 2.69. The third-order valence-corrected chi connectivity index (χ3v) is 1.90. The minimum absolute atomic E-state index is 0.838. The van der Waals surface area contributed by atoms with E-state index < -0.39 is 0 Å². The fraction of sp³-hybridized carbons (Fsp3) is 1.00. The minimum Gasteiger partial charge on any atom is -0.381 e. The third kappa shape index (κ3) is 11.4. The van der Waals surface area contributed by atoms with Gasteiger partial charge >= 0.3 is 0 Å². The lowest BCUT2D eigenvalue weighted by molar-refractivity contribution is 0.0974. The zero-order valence-electron chi connectivity index (χ0n) is 6.52. The van der Waals surface area contributed by atoms with Gasteiger partial charge < -0.3 is 9.47 Å². The molecule has 68 valence electrons. The van der Waals surface area contributed by atoms with Crippen LogP contribution in [0.4, 0.5) is 0 Å². The van der Waals surface area contributed by atoms with Crippen LogP contribution in [0.5, 0.6) is 0 Å². The highest BCUT2D eigenvalue weighted by atomic mass is 127. The molecule has 0 aromatic rings. The molecule has 0 spiro atoms. The second-order valence-corrected chi connectivity index (χ2v) is 4.11. The molecule has 0 radical (unpaired) electrons. The summed E-state index contributed by atoms with van der Waals surface area (Å²) in [5.74, 6) is 0. The normalized spacial score (nSPS) is 10.4. The molecular formula is C7H14I2O2. The summed E-state index contributed by atoms with van der Waals surface area (Å²) < 4.78 is 12.7. The van der Waals surface area contributed by atoms with Crippen LogP contribution in [0.25, 0.3) is 0 Å². The van der Waals surface area contributed by atoms with Gasteiger partial charge in [-0.2, -0.15) is 0 Å². The van der Waals surface area contributed by atoms with Crippen molar-refractivity contribution in [3.63, 3.8) is 0 Å². The Bertz CT molecular complexity index is 63.5. The molecule has 0 heterocycles. The maximum Gasteiger partial charge on any atom is 0.0555 e. The number of ether oxygens (including phenoxy) is 2. The zero-order chi connectivity index (χ0) is 8.36. The Morgan fingerprint density at radius 3 is 1.55 bits per heavy atom. The van der Waals surface area contributed by atoms with Crippen LogP contribution in [0.1, 0.15) is 6.42 Å². The Morgan fingerprint density at radius 2 is 1.18 bits per heavy atom. The van der Waals surface area contributed by atoms with Gasteiger partial charge in [-0.1, -0.05) is 45.2 Å². The van der Waals surface area contributed by atoms with Gasteiger partial charge in [0.05, 0.1) is 13.2 Å². The number of rotatable bonds is 8. The van der Waals surface area contributed by atoms with E-state index in [1.54, 1.807) is 0 Å². The fourth-order valence-corrected chi connectivity index (χ4v) is 1.20. The van der Waals surface area contributed by atoms with Gasteiger partial charge in [-0.05, 0) is 6.42 Å². The quantitative estimate of drug-likeness (QED) is 0.363. The molecule has 0 amide bonds. The Kier molecular flexibility index (Phi) is 12.8. The third-order valence-electron chi connectivity index (χ3n) is 1.02. The van der Waals surface area contributed by atoms with Crippen molar-refractivity contribution < 1.29 is 9.47 Å². The number of hydrogen-bond acceptors (Lipinski definition) is 2. The van der Waals surface area contributed by atoms with Crippen molar-refractivity contribution in [2.24, 2.45) is 0 Å². The predicted octanol–water partition coefficient (Wildman–Crippen LogP) is 2.28. The van der Waals surface area contributed by atoms with Crippen molar-refractivity contribution in [1.29, 1.82) is 0 Å². The van der Waals surface area contributed by atoms with E-state index in [2.05, 4.69) is 45.2 Å². The summed E-state index contributed by atoms with van der Waals surface area (Å²) in [5.41, 5.74) is 0. The van der Waals surface area contributed by atoms with Crippen molar-refractivity contribution in [3.05, 3.63) is 0 Å². The van der Waals surface area contributed by atoms with Gasteiger partial charge in [-0.3, -0.25) is 0 Å². The summed E-state index contributed by atoms with van der Waals surface area (Å²) in [4.78, 5) is 0. The maximum absolute atomic E-state index is 5.27. The van der Waals surface area contributed by atoms with E-state index in [4.69, 9.17) is 9.47 Å². The largest absolute Gasteiger partial charge is 0.381 e. The molecule has 11 heavy (non-hydrogen) atoms. The van der Waals surface area contributed by atoms with Crippen molar-refractivity contribution in [2.75, 3.05) is 35.3 Å². The molecule has 0 N–H and O–H groups in total. The van der Waals surface area contributed by atoms with Crippen molar-refractivity contribution in [2.45, 2.75) is 6.42 Å². The van der Waals surface area contributed by atoms with Crippen LogP contribution in [0, 0.1) is 0 Å². The number of halogens is 2. The lowest BCUT2D eigenvalue weighted by Crippen LogP contribution is -2.03. The SMILES string of the molecule is ICCOCCCOCCI. The second kappa shape index (κ2) is 11.4. The summed E-state index contributed by atoms with van der Waals surface area (Å²) >= 11 is 4.61. The van der Waals surface area contributed by atoms with E-state index >= 15 is 0 Å². The molecular weight excluding hydrogens is 370 g/mol. The van der Waals surface area contributed by atoms with Crippen LogP contribution < -0.4 is 0 Å². The lowest BCUT2D eigenvalue weighted by Gasteiger charge is -2.02. The van der Waals surface area contributed by atoms with Gasteiger partial charge in [-0.15, -0.1) is 0 Å². The molecule has 0 aromatic carbocycles. The van der Waals surface area contributed by atoms with Gasteiger partial charge in [0.15, 0.2) is 0 Å². The van der Waals surface area contributed by atoms with Crippen molar-refractivity contribution in [1.82, 2.24) is 0 Å². The molecule has 0 aliphatic heterocycles. The first kappa shape index (κ1) is 12.4. The average molecular weight is 384 g/mol. The second-order valence-electron chi connectivity index (χ2n) is 1.96. The van der Waals surface area contributed by atoms with E-state index in [1.165, 1.54) is 0 Å². The monoisotopic (exact) mass is 384 g/mol. The maximum atomic E-state index is 5.27. The highest BCUT2D eigenvalue weighted by Crippen LogP contribution is 1.89. The molecule has 0 rings (SSSR count). The van der Waals surface area contributed by atoms with Crippen LogP contribution in [0.2, 0.25) is 0 Å². The summed E-state index contributed by atoms with van der Waals surface area (Å²) in [6.45, 7) is 3.41. The van der Waals surface area contributed by atoms with Crippen molar-refractivity contribution in [3.8, 4) is 0 Å². The van der Waals surface area contributed by atoms with Crippen LogP contribution in [0.3, 0.4) is 0 Å². The van der Waals surface area contributed by atoms with Gasteiger partial charge in [0.25, 0.3) is 0 Å². The highest BCUT2D eigenvalue weighted by molar-refractivity contribution is 14.1. The summed E-state index contributed by atoms with van der Waals surface area (Å²) in [5, 5.41) is 0. The van der Waals surface area contributed by atoms with Crippen LogP contribution in [-0.2, 0) is 9.47 Å². The van der Waals surface area contributed by atoms with Gasteiger partial charge in [0.1, 0.15) is 0 Å². The highest BCUT2D eigenvalue weighted by Gasteiger charge is 1.88. The fourth-order valence-electron chi connectivity index (χ4n) is 0.576. The first-order valence-electron chi connectivity index (χ1n) is 3.69. The Labute approximate surface area is 95.7 Å². The average Bonchev–Trinajstić information content (AvgIpc) is 2.03. The topological polar surface area (TPSA) is 18.5 Å². The summed E-state index contributed by atoms with van der Waals surface area (Å²) in [6.07, 6.45) is 1.02. The molecule has 0 bridgehead atoms. The number of alkyl halides is 2. The number of hydrogen-bond donors (Lipinski definition) is 0. The molecule has 0 atom stereocenters. The first-order chi connectivity index (χ1) is 5.41. The molecule has 4 heteroatoms. The van der Waals surface area contributed by atoms with E-state index in [0.29, 0.717) is 0 Å². The molecule has 0 aliphatic carbocycles. The zero-order valence-corrected chi connectivity index (χ0v) is 10.8. The van der Waals surface area contributed by atoms with Crippen LogP contribution >= 0.6 is 45.2 Å². The molecule has 0 fully saturated rings. The molecule has 0 saturated heterocycles. The lowest BCUT2D eigenvalue weighted by atomic mass is 10.5. The predicted molar refractivity (Wildman–Crippen MR) is 64.0 cm³/mol.